The van der Waals surface area contributed by atoms with Crippen molar-refractivity contribution in [3.63, 3.8) is 0 Å². The minimum absolute atomic E-state index is 0.00220. The average molecular weight is 296 g/mol. The van der Waals surface area contributed by atoms with Crippen LogP contribution in [0, 0.1) is 5.41 Å². The Morgan fingerprint density at radius 3 is 2.53 bits per heavy atom. The number of nitrogen functional groups attached to an aromatic ring is 1. The summed E-state index contributed by atoms with van der Waals surface area (Å²) in [5, 5.41) is 7.16. The fourth-order valence-corrected chi connectivity index (χ4v) is 1.98. The van der Waals surface area contributed by atoms with Crippen LogP contribution in [0.15, 0.2) is 24.3 Å². The number of anilines is 1. The van der Waals surface area contributed by atoms with Crippen molar-refractivity contribution in [2.75, 3.05) is 11.3 Å². The summed E-state index contributed by atoms with van der Waals surface area (Å²) in [6.45, 7) is -1.67. The van der Waals surface area contributed by atoms with Crippen molar-refractivity contribution in [2.24, 2.45) is 5.73 Å². The summed E-state index contributed by atoms with van der Waals surface area (Å²) >= 11 is 0. The van der Waals surface area contributed by atoms with Gasteiger partial charge in [0.2, 0.25) is 0 Å². The molecule has 0 fully saturated rings. The highest BCUT2D eigenvalue weighted by Gasteiger charge is 2.29. The number of hydrogen-bond donors (Lipinski definition) is 4. The standard InChI is InChI=1S/C9H11F3N4O2S/c10-9(11,12)5-15-19(17,18)16-7-3-1-2-6(4-7)8(13)14/h1-4,15-16H,5H2,(H3,13,14). The summed E-state index contributed by atoms with van der Waals surface area (Å²) in [7, 11) is -4.34. The maximum absolute atomic E-state index is 11.9. The Hall–Kier alpha value is -1.81. The van der Waals surface area contributed by atoms with E-state index in [2.05, 4.69) is 0 Å². The third-order valence-electron chi connectivity index (χ3n) is 1.89. The van der Waals surface area contributed by atoms with Crippen molar-refractivity contribution in [3.8, 4) is 0 Å². The first-order valence-electron chi connectivity index (χ1n) is 4.88. The molecule has 1 aromatic carbocycles. The van der Waals surface area contributed by atoms with E-state index in [1.807, 2.05) is 4.72 Å². The van der Waals surface area contributed by atoms with E-state index < -0.39 is 22.9 Å². The molecule has 0 aromatic heterocycles. The van der Waals surface area contributed by atoms with E-state index in [1.54, 1.807) is 0 Å². The van der Waals surface area contributed by atoms with Crippen LogP contribution in [0.3, 0.4) is 0 Å². The largest absolute Gasteiger partial charge is 0.402 e. The molecule has 0 atom stereocenters. The van der Waals surface area contributed by atoms with Gasteiger partial charge in [-0.2, -0.15) is 26.3 Å². The highest BCUT2D eigenvalue weighted by molar-refractivity contribution is 7.90. The SMILES string of the molecule is N=C(N)c1cccc(NS(=O)(=O)NCC(F)(F)F)c1. The van der Waals surface area contributed by atoms with Crippen molar-refractivity contribution in [2.45, 2.75) is 6.18 Å². The summed E-state index contributed by atoms with van der Waals surface area (Å²) in [5.74, 6) is -0.288. The second kappa shape index (κ2) is 5.45. The van der Waals surface area contributed by atoms with Crippen LogP contribution in [0.25, 0.3) is 0 Å². The topological polar surface area (TPSA) is 108 Å². The lowest BCUT2D eigenvalue weighted by Crippen LogP contribution is -2.37. The molecular weight excluding hydrogens is 285 g/mol. The van der Waals surface area contributed by atoms with Crippen LogP contribution < -0.4 is 15.2 Å². The van der Waals surface area contributed by atoms with Crippen molar-refractivity contribution in [1.82, 2.24) is 4.72 Å². The Morgan fingerprint density at radius 1 is 1.37 bits per heavy atom. The molecule has 5 N–H and O–H groups in total. The predicted molar refractivity (Wildman–Crippen MR) is 64.1 cm³/mol. The zero-order valence-electron chi connectivity index (χ0n) is 9.45. The van der Waals surface area contributed by atoms with E-state index in [1.165, 1.54) is 29.0 Å². The number of benzene rings is 1. The quantitative estimate of drug-likeness (QED) is 0.476. The summed E-state index contributed by atoms with van der Waals surface area (Å²) in [6.07, 6.45) is -4.64. The van der Waals surface area contributed by atoms with Crippen molar-refractivity contribution < 1.29 is 21.6 Å². The van der Waals surface area contributed by atoms with E-state index in [0.29, 0.717) is 0 Å². The zero-order valence-corrected chi connectivity index (χ0v) is 10.3. The molecule has 10 heteroatoms. The highest BCUT2D eigenvalue weighted by Crippen LogP contribution is 2.14. The van der Waals surface area contributed by atoms with Crippen molar-refractivity contribution >= 4 is 21.7 Å². The molecule has 0 unspecified atom stereocenters. The average Bonchev–Trinajstić information content (AvgIpc) is 2.25. The number of rotatable bonds is 5. The van der Waals surface area contributed by atoms with Crippen LogP contribution >= 0.6 is 0 Å². The van der Waals surface area contributed by atoms with Crippen molar-refractivity contribution in [1.29, 1.82) is 5.41 Å². The Labute approximate surface area is 107 Å². The number of alkyl halides is 3. The van der Waals surface area contributed by atoms with Gasteiger partial charge in [0, 0.05) is 5.56 Å². The Bertz CT molecular complexity index is 571. The van der Waals surface area contributed by atoms with Crippen LogP contribution in [-0.4, -0.2) is 27.0 Å². The van der Waals surface area contributed by atoms with E-state index in [4.69, 9.17) is 11.1 Å². The van der Waals surface area contributed by atoms with Crippen LogP contribution in [-0.2, 0) is 10.2 Å². The molecule has 0 aliphatic heterocycles. The summed E-state index contributed by atoms with van der Waals surface area (Å²) in [6, 6.07) is 5.43. The minimum Gasteiger partial charge on any atom is -0.384 e. The normalized spacial score (nSPS) is 12.2. The molecule has 0 bridgehead atoms. The first-order chi connectivity index (χ1) is 8.59. The molecule has 0 radical (unpaired) electrons. The number of hydrogen-bond acceptors (Lipinski definition) is 3. The van der Waals surface area contributed by atoms with Gasteiger partial charge in [0.25, 0.3) is 10.2 Å². The van der Waals surface area contributed by atoms with Gasteiger partial charge in [-0.15, -0.1) is 0 Å². The molecule has 0 amide bonds. The van der Waals surface area contributed by atoms with E-state index in [9.17, 15) is 21.6 Å². The van der Waals surface area contributed by atoms with Gasteiger partial charge < -0.3 is 5.73 Å². The number of nitrogens with one attached hydrogen (secondary N) is 3. The number of halogens is 3. The van der Waals surface area contributed by atoms with Crippen LogP contribution in [0.1, 0.15) is 5.56 Å². The van der Waals surface area contributed by atoms with Gasteiger partial charge in [0.05, 0.1) is 5.69 Å². The Kier molecular flexibility index (Phi) is 4.37. The fourth-order valence-electron chi connectivity index (χ4n) is 1.12. The molecule has 0 saturated carbocycles. The molecule has 0 heterocycles. The maximum Gasteiger partial charge on any atom is 0.402 e. The van der Waals surface area contributed by atoms with Gasteiger partial charge in [-0.25, -0.2) is 0 Å². The second-order valence-corrected chi connectivity index (χ2v) is 5.04. The monoisotopic (exact) mass is 296 g/mol. The molecule has 6 nitrogen and oxygen atoms in total. The summed E-state index contributed by atoms with van der Waals surface area (Å²) < 4.78 is 61.6. The zero-order chi connectivity index (χ0) is 14.7. The van der Waals surface area contributed by atoms with Crippen molar-refractivity contribution in [3.05, 3.63) is 29.8 Å². The van der Waals surface area contributed by atoms with Gasteiger partial charge in [0.15, 0.2) is 0 Å². The Balaban J connectivity index is 2.78. The van der Waals surface area contributed by atoms with E-state index in [0.717, 1.165) is 0 Å². The lowest BCUT2D eigenvalue weighted by molar-refractivity contribution is -0.121. The lowest BCUT2D eigenvalue weighted by Gasteiger charge is -2.11. The first-order valence-corrected chi connectivity index (χ1v) is 6.36. The predicted octanol–water partition coefficient (Wildman–Crippen LogP) is 0.779. The molecule has 1 aromatic rings. The summed E-state index contributed by atoms with van der Waals surface area (Å²) in [5.41, 5.74) is 5.45. The molecular formula is C9H11F3N4O2S. The molecule has 1 rings (SSSR count). The van der Waals surface area contributed by atoms with Crippen LogP contribution in [0.5, 0.6) is 0 Å². The third-order valence-corrected chi connectivity index (χ3v) is 2.92. The van der Waals surface area contributed by atoms with Crippen LogP contribution in [0.2, 0.25) is 0 Å². The van der Waals surface area contributed by atoms with Crippen LogP contribution in [0.4, 0.5) is 18.9 Å². The molecule has 0 aliphatic carbocycles. The second-order valence-electron chi connectivity index (χ2n) is 3.54. The van der Waals surface area contributed by atoms with E-state index in [-0.39, 0.29) is 17.1 Å². The maximum atomic E-state index is 11.9. The highest BCUT2D eigenvalue weighted by atomic mass is 32.2. The molecule has 0 spiro atoms. The fraction of sp³-hybridized carbons (Fsp3) is 0.222. The molecule has 106 valence electrons. The van der Waals surface area contributed by atoms with Gasteiger partial charge in [-0.05, 0) is 12.1 Å². The summed E-state index contributed by atoms with van der Waals surface area (Å²) in [4.78, 5) is 0. The molecule has 0 aliphatic rings. The number of nitrogens with two attached hydrogens (primary N) is 1. The van der Waals surface area contributed by atoms with Gasteiger partial charge in [0.1, 0.15) is 12.4 Å². The van der Waals surface area contributed by atoms with Gasteiger partial charge >= 0.3 is 6.18 Å². The first kappa shape index (κ1) is 15.2. The smallest absolute Gasteiger partial charge is 0.384 e. The number of amidine groups is 1. The van der Waals surface area contributed by atoms with Gasteiger partial charge in [-0.3, -0.25) is 10.1 Å². The van der Waals surface area contributed by atoms with Gasteiger partial charge in [-0.1, -0.05) is 12.1 Å². The molecule has 0 saturated heterocycles. The molecule has 19 heavy (non-hydrogen) atoms. The minimum atomic E-state index is -4.64. The lowest BCUT2D eigenvalue weighted by atomic mass is 10.2. The van der Waals surface area contributed by atoms with E-state index >= 15 is 0 Å². The third kappa shape index (κ3) is 5.57. The Morgan fingerprint density at radius 2 is 2.00 bits per heavy atom.